The Balaban J connectivity index is 1.38. The van der Waals surface area contributed by atoms with Gasteiger partial charge in [-0.05, 0) is 57.1 Å². The van der Waals surface area contributed by atoms with Crippen molar-refractivity contribution in [2.75, 3.05) is 19.6 Å². The summed E-state index contributed by atoms with van der Waals surface area (Å²) in [5, 5.41) is 4.11. The first-order valence-corrected chi connectivity index (χ1v) is 8.37. The van der Waals surface area contributed by atoms with E-state index in [9.17, 15) is 0 Å². The second kappa shape index (κ2) is 6.50. The maximum Gasteiger partial charge on any atom is 0.227 e. The van der Waals surface area contributed by atoms with Crippen molar-refractivity contribution in [1.82, 2.24) is 25.0 Å². The van der Waals surface area contributed by atoms with Crippen LogP contribution in [0.1, 0.15) is 31.6 Å². The van der Waals surface area contributed by atoms with Gasteiger partial charge in [0.15, 0.2) is 0 Å². The van der Waals surface area contributed by atoms with Gasteiger partial charge in [0.25, 0.3) is 0 Å². The molecule has 1 saturated heterocycles. The van der Waals surface area contributed by atoms with Crippen LogP contribution in [0.15, 0.2) is 29.0 Å². The summed E-state index contributed by atoms with van der Waals surface area (Å²) in [5.41, 5.74) is 2.88. The first-order chi connectivity index (χ1) is 11.4. The third-order valence-electron chi connectivity index (χ3n) is 4.46. The number of fused-ring (bicyclic) bond motifs is 1. The van der Waals surface area contributed by atoms with Gasteiger partial charge < -0.3 is 14.4 Å². The van der Waals surface area contributed by atoms with Gasteiger partial charge in [0.1, 0.15) is 0 Å². The van der Waals surface area contributed by atoms with Gasteiger partial charge in [0, 0.05) is 12.0 Å². The summed E-state index contributed by atoms with van der Waals surface area (Å²) in [6.45, 7) is 3.59. The third-order valence-corrected chi connectivity index (χ3v) is 4.46. The van der Waals surface area contributed by atoms with E-state index >= 15 is 0 Å². The summed E-state index contributed by atoms with van der Waals surface area (Å²) in [4.78, 5) is 14.4. The highest BCUT2D eigenvalue weighted by molar-refractivity contribution is 5.79. The molecule has 23 heavy (non-hydrogen) atoms. The molecule has 0 radical (unpaired) electrons. The monoisotopic (exact) mass is 311 g/mol. The molecule has 6 heteroatoms. The van der Waals surface area contributed by atoms with E-state index in [0.29, 0.717) is 5.82 Å². The number of hydrogen-bond donors (Lipinski definition) is 1. The molecule has 0 atom stereocenters. The molecule has 120 valence electrons. The summed E-state index contributed by atoms with van der Waals surface area (Å²) in [5.74, 6) is 1.37. The lowest BCUT2D eigenvalue weighted by Crippen LogP contribution is -2.30. The highest BCUT2D eigenvalue weighted by Crippen LogP contribution is 2.20. The molecule has 0 amide bonds. The molecular weight excluding hydrogens is 290 g/mol. The summed E-state index contributed by atoms with van der Waals surface area (Å²) in [6.07, 6.45) is 7.65. The second-order valence-electron chi connectivity index (χ2n) is 6.15. The van der Waals surface area contributed by atoms with Crippen LogP contribution in [0.2, 0.25) is 0 Å². The van der Waals surface area contributed by atoms with E-state index in [1.54, 1.807) is 6.33 Å². The zero-order valence-electron chi connectivity index (χ0n) is 13.2. The van der Waals surface area contributed by atoms with Gasteiger partial charge in [-0.1, -0.05) is 11.6 Å². The summed E-state index contributed by atoms with van der Waals surface area (Å²) in [7, 11) is 0. The number of nitrogens with one attached hydrogen (secondary N) is 1. The maximum atomic E-state index is 5.40. The van der Waals surface area contributed by atoms with Crippen molar-refractivity contribution in [2.45, 2.75) is 32.1 Å². The number of piperidine rings is 1. The van der Waals surface area contributed by atoms with E-state index in [2.05, 4.69) is 25.0 Å². The van der Waals surface area contributed by atoms with Gasteiger partial charge in [-0.2, -0.15) is 4.98 Å². The Hall–Kier alpha value is -2.21. The largest absolute Gasteiger partial charge is 0.345 e. The van der Waals surface area contributed by atoms with Crippen molar-refractivity contribution in [3.05, 3.63) is 30.4 Å². The molecule has 3 aromatic rings. The normalized spacial score (nSPS) is 16.2. The molecule has 0 aliphatic carbocycles. The van der Waals surface area contributed by atoms with Crippen LogP contribution in [-0.4, -0.2) is 44.6 Å². The molecule has 0 saturated carbocycles. The molecule has 2 aromatic heterocycles. The summed E-state index contributed by atoms with van der Waals surface area (Å²) < 4.78 is 5.40. The Kier molecular flexibility index (Phi) is 4.06. The zero-order valence-corrected chi connectivity index (χ0v) is 13.2. The van der Waals surface area contributed by atoms with Crippen LogP contribution < -0.4 is 0 Å². The van der Waals surface area contributed by atoms with Gasteiger partial charge >= 0.3 is 0 Å². The molecule has 1 N–H and O–H groups in total. The molecule has 1 aromatic carbocycles. The second-order valence-corrected chi connectivity index (χ2v) is 6.15. The molecule has 1 aliphatic heterocycles. The molecule has 1 fully saturated rings. The van der Waals surface area contributed by atoms with Gasteiger partial charge in [-0.25, -0.2) is 4.98 Å². The van der Waals surface area contributed by atoms with E-state index in [4.69, 9.17) is 4.52 Å². The van der Waals surface area contributed by atoms with Crippen molar-refractivity contribution < 1.29 is 4.52 Å². The van der Waals surface area contributed by atoms with Crippen LogP contribution in [0, 0.1) is 0 Å². The number of imidazole rings is 1. The number of aromatic nitrogens is 4. The van der Waals surface area contributed by atoms with Gasteiger partial charge in [0.2, 0.25) is 11.7 Å². The van der Waals surface area contributed by atoms with E-state index in [0.717, 1.165) is 41.9 Å². The van der Waals surface area contributed by atoms with Gasteiger partial charge in [0.05, 0.1) is 17.4 Å². The molecule has 0 unspecified atom stereocenters. The molecule has 0 bridgehead atoms. The number of nitrogens with zero attached hydrogens (tertiary/aromatic N) is 4. The predicted octanol–water partition coefficient (Wildman–Crippen LogP) is 3.03. The van der Waals surface area contributed by atoms with Crippen molar-refractivity contribution in [2.24, 2.45) is 0 Å². The van der Waals surface area contributed by atoms with Crippen LogP contribution in [0.25, 0.3) is 22.4 Å². The lowest BCUT2D eigenvalue weighted by molar-refractivity contribution is 0.223. The predicted molar refractivity (Wildman–Crippen MR) is 88.0 cm³/mol. The lowest BCUT2D eigenvalue weighted by atomic mass is 10.1. The molecule has 4 rings (SSSR count). The van der Waals surface area contributed by atoms with Crippen LogP contribution in [-0.2, 0) is 6.42 Å². The minimum absolute atomic E-state index is 0.648. The Morgan fingerprint density at radius 3 is 3.00 bits per heavy atom. The fourth-order valence-corrected chi connectivity index (χ4v) is 3.19. The number of hydrogen-bond acceptors (Lipinski definition) is 5. The average Bonchev–Trinajstić information content (AvgIpc) is 3.24. The van der Waals surface area contributed by atoms with Crippen molar-refractivity contribution in [1.29, 1.82) is 0 Å². The number of H-pyrrole nitrogens is 1. The first kappa shape index (κ1) is 14.4. The quantitative estimate of drug-likeness (QED) is 0.784. The SMILES string of the molecule is c1nc2ccc(-c3noc(CCCN4CCCCC4)n3)cc2[nH]1. The highest BCUT2D eigenvalue weighted by Gasteiger charge is 2.12. The smallest absolute Gasteiger partial charge is 0.227 e. The van der Waals surface area contributed by atoms with E-state index in [-0.39, 0.29) is 0 Å². The Morgan fingerprint density at radius 2 is 2.09 bits per heavy atom. The van der Waals surface area contributed by atoms with E-state index in [1.807, 2.05) is 18.2 Å². The van der Waals surface area contributed by atoms with Crippen LogP contribution >= 0.6 is 0 Å². The Bertz CT molecular complexity index is 772. The van der Waals surface area contributed by atoms with Gasteiger partial charge in [-0.15, -0.1) is 0 Å². The Morgan fingerprint density at radius 1 is 1.17 bits per heavy atom. The standard InChI is InChI=1S/C17H21N5O/c1-2-8-22(9-3-1)10-4-5-16-20-17(21-23-16)13-6-7-14-15(11-13)19-12-18-14/h6-7,11-12H,1-5,8-10H2,(H,18,19). The highest BCUT2D eigenvalue weighted by atomic mass is 16.5. The Labute approximate surface area is 134 Å². The number of aromatic amines is 1. The minimum atomic E-state index is 0.648. The topological polar surface area (TPSA) is 70.8 Å². The lowest BCUT2D eigenvalue weighted by Gasteiger charge is -2.25. The van der Waals surface area contributed by atoms with Crippen LogP contribution in [0.3, 0.4) is 0 Å². The fraction of sp³-hybridized carbons (Fsp3) is 0.471. The van der Waals surface area contributed by atoms with Crippen molar-refractivity contribution in [3.63, 3.8) is 0 Å². The first-order valence-electron chi connectivity index (χ1n) is 8.37. The molecule has 3 heterocycles. The molecule has 6 nitrogen and oxygen atoms in total. The number of benzene rings is 1. The van der Waals surface area contributed by atoms with Crippen molar-refractivity contribution >= 4 is 11.0 Å². The fourth-order valence-electron chi connectivity index (χ4n) is 3.19. The number of rotatable bonds is 5. The van der Waals surface area contributed by atoms with Crippen LogP contribution in [0.5, 0.6) is 0 Å². The molecular formula is C17H21N5O. The zero-order chi connectivity index (χ0) is 15.5. The number of aryl methyl sites for hydroxylation is 1. The third kappa shape index (κ3) is 3.27. The van der Waals surface area contributed by atoms with Crippen molar-refractivity contribution in [3.8, 4) is 11.4 Å². The minimum Gasteiger partial charge on any atom is -0.345 e. The average molecular weight is 311 g/mol. The van der Waals surface area contributed by atoms with E-state index in [1.165, 1.54) is 32.4 Å². The van der Waals surface area contributed by atoms with Crippen LogP contribution in [0.4, 0.5) is 0 Å². The molecule has 0 spiro atoms. The van der Waals surface area contributed by atoms with Gasteiger partial charge in [-0.3, -0.25) is 0 Å². The maximum absolute atomic E-state index is 5.40. The summed E-state index contributed by atoms with van der Waals surface area (Å²) >= 11 is 0. The summed E-state index contributed by atoms with van der Waals surface area (Å²) in [6, 6.07) is 5.95. The number of likely N-dealkylation sites (tertiary alicyclic amines) is 1. The van der Waals surface area contributed by atoms with E-state index < -0.39 is 0 Å². The molecule has 1 aliphatic rings.